The van der Waals surface area contributed by atoms with Crippen molar-refractivity contribution in [2.75, 3.05) is 14.2 Å². The van der Waals surface area contributed by atoms with Crippen molar-refractivity contribution in [3.05, 3.63) is 53.9 Å². The van der Waals surface area contributed by atoms with Crippen LogP contribution in [0.2, 0.25) is 0 Å². The van der Waals surface area contributed by atoms with Gasteiger partial charge in [-0.3, -0.25) is 0 Å². The number of hydrogen-bond donors (Lipinski definition) is 1. The zero-order valence-corrected chi connectivity index (χ0v) is 13.5. The minimum Gasteiger partial charge on any atom is -0.493 e. The summed E-state index contributed by atoms with van der Waals surface area (Å²) in [6, 6.07) is 14.3. The molecule has 0 radical (unpaired) electrons. The van der Waals surface area contributed by atoms with Gasteiger partial charge in [0.2, 0.25) is 0 Å². The summed E-state index contributed by atoms with van der Waals surface area (Å²) in [5, 5.41) is 0. The van der Waals surface area contributed by atoms with Crippen molar-refractivity contribution in [2.45, 2.75) is 19.5 Å². The van der Waals surface area contributed by atoms with E-state index in [1.807, 2.05) is 18.2 Å². The van der Waals surface area contributed by atoms with Crippen LogP contribution in [0.25, 0.3) is 11.0 Å². The van der Waals surface area contributed by atoms with Crippen molar-refractivity contribution in [3.8, 4) is 11.5 Å². The van der Waals surface area contributed by atoms with Gasteiger partial charge in [-0.05, 0) is 12.0 Å². The van der Waals surface area contributed by atoms with E-state index in [0.717, 1.165) is 29.8 Å². The van der Waals surface area contributed by atoms with Crippen LogP contribution in [-0.4, -0.2) is 23.8 Å². The third-order valence-corrected chi connectivity index (χ3v) is 3.98. The number of fused-ring (bicyclic) bond motifs is 1. The van der Waals surface area contributed by atoms with Gasteiger partial charge in [0.05, 0.1) is 31.8 Å². The van der Waals surface area contributed by atoms with Crippen LogP contribution in [-0.2, 0) is 19.5 Å². The van der Waals surface area contributed by atoms with Crippen molar-refractivity contribution < 1.29 is 9.47 Å². The smallest absolute Gasteiger partial charge is 0.163 e. The molecular formula is C18H21N3O2. The van der Waals surface area contributed by atoms with Crippen molar-refractivity contribution in [3.63, 3.8) is 0 Å². The zero-order chi connectivity index (χ0) is 16.2. The lowest BCUT2D eigenvalue weighted by atomic mass is 10.1. The number of nitrogens with zero attached hydrogens (tertiary/aromatic N) is 2. The Labute approximate surface area is 135 Å². The van der Waals surface area contributed by atoms with Gasteiger partial charge in [0.25, 0.3) is 0 Å². The molecule has 120 valence electrons. The van der Waals surface area contributed by atoms with E-state index in [2.05, 4.69) is 33.8 Å². The Balaban J connectivity index is 2.00. The number of imidazole rings is 1. The van der Waals surface area contributed by atoms with Gasteiger partial charge in [-0.2, -0.15) is 0 Å². The van der Waals surface area contributed by atoms with Crippen LogP contribution < -0.4 is 15.2 Å². The molecule has 0 bridgehead atoms. The SMILES string of the molecule is COc1cc2nc(CN)n(CCc3ccccc3)c2cc1OC. The molecule has 5 nitrogen and oxygen atoms in total. The molecule has 0 aliphatic rings. The maximum atomic E-state index is 5.88. The Hall–Kier alpha value is -2.53. The molecule has 3 rings (SSSR count). The highest BCUT2D eigenvalue weighted by Gasteiger charge is 2.14. The van der Waals surface area contributed by atoms with Crippen LogP contribution >= 0.6 is 0 Å². The Morgan fingerprint density at radius 2 is 1.74 bits per heavy atom. The van der Waals surface area contributed by atoms with Gasteiger partial charge in [0, 0.05) is 18.7 Å². The molecule has 23 heavy (non-hydrogen) atoms. The van der Waals surface area contributed by atoms with Crippen molar-refractivity contribution >= 4 is 11.0 Å². The predicted molar refractivity (Wildman–Crippen MR) is 90.9 cm³/mol. The maximum absolute atomic E-state index is 5.88. The average molecular weight is 311 g/mol. The molecule has 0 fully saturated rings. The van der Waals surface area contributed by atoms with E-state index in [-0.39, 0.29) is 0 Å². The molecule has 2 N–H and O–H groups in total. The van der Waals surface area contributed by atoms with E-state index in [1.54, 1.807) is 14.2 Å². The molecule has 3 aromatic rings. The molecule has 1 heterocycles. The summed E-state index contributed by atoms with van der Waals surface area (Å²) < 4.78 is 12.9. The standard InChI is InChI=1S/C18H21N3O2/c1-22-16-10-14-15(11-17(16)23-2)21(18(12-19)20-14)9-8-13-6-4-3-5-7-13/h3-7,10-11H,8-9,12,19H2,1-2H3. The third kappa shape index (κ3) is 3.00. The van der Waals surface area contributed by atoms with Crippen LogP contribution in [0.4, 0.5) is 0 Å². The van der Waals surface area contributed by atoms with E-state index in [0.29, 0.717) is 18.0 Å². The highest BCUT2D eigenvalue weighted by Crippen LogP contribution is 2.32. The molecule has 0 saturated heterocycles. The van der Waals surface area contributed by atoms with Crippen LogP contribution in [0.15, 0.2) is 42.5 Å². The first kappa shape index (κ1) is 15.4. The summed E-state index contributed by atoms with van der Waals surface area (Å²) in [5.74, 6) is 2.24. The maximum Gasteiger partial charge on any atom is 0.163 e. The minimum absolute atomic E-state index is 0.397. The minimum atomic E-state index is 0.397. The van der Waals surface area contributed by atoms with E-state index in [1.165, 1.54) is 5.56 Å². The molecule has 0 atom stereocenters. The Bertz CT molecular complexity index is 797. The molecule has 1 aromatic heterocycles. The van der Waals surface area contributed by atoms with E-state index in [9.17, 15) is 0 Å². The van der Waals surface area contributed by atoms with Crippen LogP contribution in [0, 0.1) is 0 Å². The Morgan fingerprint density at radius 1 is 1.04 bits per heavy atom. The predicted octanol–water partition coefficient (Wildman–Crippen LogP) is 2.75. The first-order valence-electron chi connectivity index (χ1n) is 7.62. The van der Waals surface area contributed by atoms with Gasteiger partial charge in [0.1, 0.15) is 5.82 Å². The lowest BCUT2D eigenvalue weighted by Crippen LogP contribution is -2.10. The largest absolute Gasteiger partial charge is 0.493 e. The summed E-state index contributed by atoms with van der Waals surface area (Å²) in [6.45, 7) is 1.22. The van der Waals surface area contributed by atoms with Gasteiger partial charge in [-0.1, -0.05) is 30.3 Å². The lowest BCUT2D eigenvalue weighted by Gasteiger charge is -2.10. The van der Waals surface area contributed by atoms with Crippen molar-refractivity contribution in [2.24, 2.45) is 5.73 Å². The molecule has 0 unspecified atom stereocenters. The fourth-order valence-corrected chi connectivity index (χ4v) is 2.79. The van der Waals surface area contributed by atoms with Gasteiger partial charge in [0.15, 0.2) is 11.5 Å². The second kappa shape index (κ2) is 6.71. The molecule has 0 aliphatic carbocycles. The highest BCUT2D eigenvalue weighted by molar-refractivity contribution is 5.80. The van der Waals surface area contributed by atoms with Gasteiger partial charge >= 0.3 is 0 Å². The summed E-state index contributed by atoms with van der Waals surface area (Å²) >= 11 is 0. The first-order valence-corrected chi connectivity index (χ1v) is 7.62. The van der Waals surface area contributed by atoms with Gasteiger partial charge in [-0.25, -0.2) is 4.98 Å². The molecule has 0 spiro atoms. The summed E-state index contributed by atoms with van der Waals surface area (Å²) in [7, 11) is 3.26. The Morgan fingerprint density at radius 3 is 2.39 bits per heavy atom. The summed E-state index contributed by atoms with van der Waals surface area (Å²) in [6.07, 6.45) is 0.924. The topological polar surface area (TPSA) is 62.3 Å². The second-order valence-electron chi connectivity index (χ2n) is 5.32. The van der Waals surface area contributed by atoms with Crippen molar-refractivity contribution in [1.29, 1.82) is 0 Å². The number of aryl methyl sites for hydroxylation is 2. The lowest BCUT2D eigenvalue weighted by molar-refractivity contribution is 0.355. The number of methoxy groups -OCH3 is 2. The molecule has 2 aromatic carbocycles. The molecular weight excluding hydrogens is 290 g/mol. The normalized spacial score (nSPS) is 10.9. The van der Waals surface area contributed by atoms with Gasteiger partial charge in [-0.15, -0.1) is 0 Å². The molecule has 0 aliphatic heterocycles. The van der Waals surface area contributed by atoms with E-state index < -0.39 is 0 Å². The Kier molecular flexibility index (Phi) is 4.48. The summed E-state index contributed by atoms with van der Waals surface area (Å²) in [5.41, 5.74) is 9.05. The molecule has 0 amide bonds. The van der Waals surface area contributed by atoms with Crippen LogP contribution in [0.5, 0.6) is 11.5 Å². The van der Waals surface area contributed by atoms with Crippen molar-refractivity contribution in [1.82, 2.24) is 9.55 Å². The monoisotopic (exact) mass is 311 g/mol. The van der Waals surface area contributed by atoms with Crippen LogP contribution in [0.1, 0.15) is 11.4 Å². The number of benzene rings is 2. The second-order valence-corrected chi connectivity index (χ2v) is 5.32. The third-order valence-electron chi connectivity index (χ3n) is 3.98. The summed E-state index contributed by atoms with van der Waals surface area (Å²) in [4.78, 5) is 4.63. The van der Waals surface area contributed by atoms with E-state index >= 15 is 0 Å². The number of hydrogen-bond acceptors (Lipinski definition) is 4. The van der Waals surface area contributed by atoms with Crippen LogP contribution in [0.3, 0.4) is 0 Å². The number of ether oxygens (including phenoxy) is 2. The average Bonchev–Trinajstić information content (AvgIpc) is 2.96. The highest BCUT2D eigenvalue weighted by atomic mass is 16.5. The molecule has 5 heteroatoms. The zero-order valence-electron chi connectivity index (χ0n) is 13.5. The van der Waals surface area contributed by atoms with E-state index in [4.69, 9.17) is 15.2 Å². The number of nitrogens with two attached hydrogens (primary N) is 1. The quantitative estimate of drug-likeness (QED) is 0.760. The number of aromatic nitrogens is 2. The number of rotatable bonds is 6. The fourth-order valence-electron chi connectivity index (χ4n) is 2.79. The van der Waals surface area contributed by atoms with Gasteiger partial charge < -0.3 is 19.8 Å². The first-order chi connectivity index (χ1) is 11.3. The fraction of sp³-hybridized carbons (Fsp3) is 0.278. The molecule has 0 saturated carbocycles.